The van der Waals surface area contributed by atoms with Crippen LogP contribution in [0.25, 0.3) is 11.1 Å². The molecule has 0 aliphatic rings. The molecule has 4 heteroatoms. The number of hydrogen-bond acceptors (Lipinski definition) is 3. The summed E-state index contributed by atoms with van der Waals surface area (Å²) in [6.45, 7) is 2.94. The molecule has 1 aromatic heterocycles. The number of fused-ring (bicyclic) bond motifs is 1. The van der Waals surface area contributed by atoms with Crippen LogP contribution in [0.2, 0.25) is 0 Å². The second-order valence-electron chi connectivity index (χ2n) is 3.41. The van der Waals surface area contributed by atoms with E-state index in [1.54, 1.807) is 6.07 Å². The van der Waals surface area contributed by atoms with E-state index in [0.29, 0.717) is 17.1 Å². The number of hydrogen-bond donors (Lipinski definition) is 1. The van der Waals surface area contributed by atoms with Crippen LogP contribution in [-0.4, -0.2) is 11.5 Å². The Kier molecular flexibility index (Phi) is 2.85. The highest BCUT2D eigenvalue weighted by atomic mass is 19.1. The van der Waals surface area contributed by atoms with E-state index in [1.807, 2.05) is 0 Å². The largest absolute Gasteiger partial charge is 0.424 e. The lowest BCUT2D eigenvalue weighted by molar-refractivity contribution is 0.608. The molecule has 1 heterocycles. The van der Waals surface area contributed by atoms with Gasteiger partial charge in [0.25, 0.3) is 6.01 Å². The summed E-state index contributed by atoms with van der Waals surface area (Å²) in [4.78, 5) is 4.13. The van der Waals surface area contributed by atoms with Crippen molar-refractivity contribution in [3.8, 4) is 0 Å². The number of rotatable bonds is 4. The van der Waals surface area contributed by atoms with E-state index < -0.39 is 0 Å². The number of aromatic nitrogens is 1. The van der Waals surface area contributed by atoms with Gasteiger partial charge >= 0.3 is 0 Å². The highest BCUT2D eigenvalue weighted by molar-refractivity contribution is 5.74. The molecule has 2 rings (SSSR count). The van der Waals surface area contributed by atoms with Gasteiger partial charge in [-0.05, 0) is 18.6 Å². The average Bonchev–Trinajstić information content (AvgIpc) is 2.60. The van der Waals surface area contributed by atoms with Crippen molar-refractivity contribution in [3.05, 3.63) is 24.0 Å². The molecule has 1 N–H and O–H groups in total. The maximum absolute atomic E-state index is 12.9. The molecule has 0 amide bonds. The predicted octanol–water partition coefficient (Wildman–Crippen LogP) is 3.18. The van der Waals surface area contributed by atoms with E-state index in [0.717, 1.165) is 19.4 Å². The van der Waals surface area contributed by atoms with Gasteiger partial charge < -0.3 is 9.73 Å². The molecule has 0 spiro atoms. The van der Waals surface area contributed by atoms with Crippen LogP contribution in [0.5, 0.6) is 0 Å². The molecule has 15 heavy (non-hydrogen) atoms. The Labute approximate surface area is 87.3 Å². The topological polar surface area (TPSA) is 38.1 Å². The van der Waals surface area contributed by atoms with Gasteiger partial charge in [0.05, 0.1) is 0 Å². The third-order valence-corrected chi connectivity index (χ3v) is 2.16. The van der Waals surface area contributed by atoms with Crippen molar-refractivity contribution >= 4 is 17.1 Å². The highest BCUT2D eigenvalue weighted by Gasteiger charge is 2.05. The van der Waals surface area contributed by atoms with Gasteiger partial charge in [0.2, 0.25) is 0 Å². The number of nitrogens with zero attached hydrogens (tertiary/aromatic N) is 1. The molecule has 0 unspecified atom stereocenters. The Hall–Kier alpha value is -1.58. The molecule has 0 saturated carbocycles. The summed E-state index contributed by atoms with van der Waals surface area (Å²) in [5.74, 6) is -0.295. The summed E-state index contributed by atoms with van der Waals surface area (Å²) >= 11 is 0. The molecule has 80 valence electrons. The van der Waals surface area contributed by atoms with E-state index in [2.05, 4.69) is 17.2 Å². The lowest BCUT2D eigenvalue weighted by Gasteiger charge is -1.97. The minimum absolute atomic E-state index is 0.295. The zero-order chi connectivity index (χ0) is 10.7. The van der Waals surface area contributed by atoms with Gasteiger partial charge in [-0.25, -0.2) is 4.39 Å². The SMILES string of the molecule is CCCCNc1nc2cc(F)ccc2o1. The smallest absolute Gasteiger partial charge is 0.295 e. The zero-order valence-corrected chi connectivity index (χ0v) is 8.59. The van der Waals surface area contributed by atoms with Gasteiger partial charge in [-0.2, -0.15) is 4.98 Å². The predicted molar refractivity (Wildman–Crippen MR) is 57.4 cm³/mol. The van der Waals surface area contributed by atoms with Gasteiger partial charge in [-0.15, -0.1) is 0 Å². The fourth-order valence-corrected chi connectivity index (χ4v) is 1.35. The summed E-state index contributed by atoms with van der Waals surface area (Å²) in [7, 11) is 0. The standard InChI is InChI=1S/C11H13FN2O/c1-2-3-6-13-11-14-9-7-8(12)4-5-10(9)15-11/h4-5,7H,2-3,6H2,1H3,(H,13,14). The van der Waals surface area contributed by atoms with Gasteiger partial charge in [-0.1, -0.05) is 13.3 Å². The molecule has 0 aliphatic carbocycles. The van der Waals surface area contributed by atoms with Gasteiger partial charge in [0.1, 0.15) is 11.3 Å². The first-order valence-corrected chi connectivity index (χ1v) is 5.09. The van der Waals surface area contributed by atoms with Crippen molar-refractivity contribution < 1.29 is 8.81 Å². The van der Waals surface area contributed by atoms with Crippen LogP contribution in [0.4, 0.5) is 10.4 Å². The molecule has 0 radical (unpaired) electrons. The van der Waals surface area contributed by atoms with Crippen molar-refractivity contribution in [3.63, 3.8) is 0 Å². The normalized spacial score (nSPS) is 10.8. The molecule has 0 atom stereocenters. The van der Waals surface area contributed by atoms with Crippen molar-refractivity contribution in [1.29, 1.82) is 0 Å². The second kappa shape index (κ2) is 4.29. The molecular weight excluding hydrogens is 195 g/mol. The van der Waals surface area contributed by atoms with Crippen LogP contribution in [0.1, 0.15) is 19.8 Å². The number of nitrogens with one attached hydrogen (secondary N) is 1. The number of oxazole rings is 1. The average molecular weight is 208 g/mol. The molecule has 0 bridgehead atoms. The maximum Gasteiger partial charge on any atom is 0.295 e. The number of unbranched alkanes of at least 4 members (excludes halogenated alkanes) is 1. The van der Waals surface area contributed by atoms with Crippen molar-refractivity contribution in [2.75, 3.05) is 11.9 Å². The minimum atomic E-state index is -0.295. The van der Waals surface area contributed by atoms with Gasteiger partial charge in [0.15, 0.2) is 5.58 Å². The number of anilines is 1. The van der Waals surface area contributed by atoms with Crippen LogP contribution < -0.4 is 5.32 Å². The Morgan fingerprint density at radius 1 is 1.47 bits per heavy atom. The Balaban J connectivity index is 2.16. The monoisotopic (exact) mass is 208 g/mol. The third-order valence-electron chi connectivity index (χ3n) is 2.16. The minimum Gasteiger partial charge on any atom is -0.424 e. The summed E-state index contributed by atoms with van der Waals surface area (Å²) in [6.07, 6.45) is 2.18. The van der Waals surface area contributed by atoms with Gasteiger partial charge in [0, 0.05) is 12.6 Å². The van der Waals surface area contributed by atoms with E-state index in [9.17, 15) is 4.39 Å². The highest BCUT2D eigenvalue weighted by Crippen LogP contribution is 2.19. The maximum atomic E-state index is 12.9. The van der Waals surface area contributed by atoms with Crippen LogP contribution >= 0.6 is 0 Å². The Bertz CT molecular complexity index is 453. The fraction of sp³-hybridized carbons (Fsp3) is 0.364. The van der Waals surface area contributed by atoms with E-state index in [-0.39, 0.29) is 5.82 Å². The summed E-state index contributed by atoms with van der Waals surface area (Å²) in [5, 5.41) is 3.05. The lowest BCUT2D eigenvalue weighted by Crippen LogP contribution is -2.00. The van der Waals surface area contributed by atoms with E-state index in [1.165, 1.54) is 12.1 Å². The summed E-state index contributed by atoms with van der Waals surface area (Å²) < 4.78 is 18.2. The van der Waals surface area contributed by atoms with Crippen molar-refractivity contribution in [2.45, 2.75) is 19.8 Å². The van der Waals surface area contributed by atoms with E-state index >= 15 is 0 Å². The molecule has 0 saturated heterocycles. The fourth-order valence-electron chi connectivity index (χ4n) is 1.35. The number of halogens is 1. The molecule has 0 aliphatic heterocycles. The number of benzene rings is 1. The Morgan fingerprint density at radius 3 is 3.13 bits per heavy atom. The van der Waals surface area contributed by atoms with E-state index in [4.69, 9.17) is 4.42 Å². The summed E-state index contributed by atoms with van der Waals surface area (Å²) in [6, 6.07) is 4.78. The zero-order valence-electron chi connectivity index (χ0n) is 8.59. The molecular formula is C11H13FN2O. The lowest BCUT2D eigenvalue weighted by atomic mass is 10.3. The first kappa shape index (κ1) is 9.96. The van der Waals surface area contributed by atoms with Gasteiger partial charge in [-0.3, -0.25) is 0 Å². The van der Waals surface area contributed by atoms with Crippen LogP contribution in [-0.2, 0) is 0 Å². The van der Waals surface area contributed by atoms with Crippen LogP contribution in [0, 0.1) is 5.82 Å². The first-order valence-electron chi connectivity index (χ1n) is 5.09. The Morgan fingerprint density at radius 2 is 2.33 bits per heavy atom. The quantitative estimate of drug-likeness (QED) is 0.784. The van der Waals surface area contributed by atoms with Crippen molar-refractivity contribution in [1.82, 2.24) is 4.98 Å². The van der Waals surface area contributed by atoms with Crippen molar-refractivity contribution in [2.24, 2.45) is 0 Å². The molecule has 0 fully saturated rings. The second-order valence-corrected chi connectivity index (χ2v) is 3.41. The molecule has 1 aromatic carbocycles. The molecule has 3 nitrogen and oxygen atoms in total. The molecule has 2 aromatic rings. The first-order chi connectivity index (χ1) is 7.29. The third kappa shape index (κ3) is 2.26. The van der Waals surface area contributed by atoms with Crippen LogP contribution in [0.15, 0.2) is 22.6 Å². The summed E-state index contributed by atoms with van der Waals surface area (Å²) in [5.41, 5.74) is 1.16. The van der Waals surface area contributed by atoms with Crippen LogP contribution in [0.3, 0.4) is 0 Å².